The molecule has 7 nitrogen and oxygen atoms in total. The van der Waals surface area contributed by atoms with Crippen molar-refractivity contribution in [1.82, 2.24) is 20.3 Å². The summed E-state index contributed by atoms with van der Waals surface area (Å²) in [4.78, 5) is 30.5. The number of hydrogen-bond acceptors (Lipinski definition) is 6. The Hall–Kier alpha value is -2.77. The van der Waals surface area contributed by atoms with E-state index in [9.17, 15) is 9.18 Å². The predicted octanol–water partition coefficient (Wildman–Crippen LogP) is 2.21. The van der Waals surface area contributed by atoms with Crippen LogP contribution in [-0.2, 0) is 12.8 Å². The zero-order chi connectivity index (χ0) is 20.5. The maximum atomic E-state index is 13.2. The SMILES string of the molecule is CC(C)Cc1nc2c(c(N3CCN(c4ccc(F)cn4)C(C)C3)n1)CCNC2=O. The van der Waals surface area contributed by atoms with Crippen LogP contribution in [0, 0.1) is 11.7 Å². The molecule has 154 valence electrons. The van der Waals surface area contributed by atoms with Crippen molar-refractivity contribution < 1.29 is 9.18 Å². The number of nitrogens with zero attached hydrogens (tertiary/aromatic N) is 5. The summed E-state index contributed by atoms with van der Waals surface area (Å²) in [5.74, 6) is 2.36. The van der Waals surface area contributed by atoms with Gasteiger partial charge in [0.1, 0.15) is 29.0 Å². The highest BCUT2D eigenvalue weighted by molar-refractivity contribution is 5.96. The van der Waals surface area contributed by atoms with Crippen molar-refractivity contribution in [2.75, 3.05) is 36.0 Å². The van der Waals surface area contributed by atoms with E-state index in [1.165, 1.54) is 12.3 Å². The lowest BCUT2D eigenvalue weighted by molar-refractivity contribution is 0.0940. The third kappa shape index (κ3) is 4.02. The predicted molar refractivity (Wildman–Crippen MR) is 110 cm³/mol. The average Bonchev–Trinajstić information content (AvgIpc) is 2.68. The van der Waals surface area contributed by atoms with Gasteiger partial charge in [0.2, 0.25) is 0 Å². The molecule has 29 heavy (non-hydrogen) atoms. The second-order valence-electron chi connectivity index (χ2n) is 8.22. The number of carbonyl (C=O) groups excluding carboxylic acids is 1. The highest BCUT2D eigenvalue weighted by atomic mass is 19.1. The Morgan fingerprint density at radius 2 is 2.10 bits per heavy atom. The minimum Gasteiger partial charge on any atom is -0.352 e. The van der Waals surface area contributed by atoms with Crippen molar-refractivity contribution in [3.05, 3.63) is 41.2 Å². The summed E-state index contributed by atoms with van der Waals surface area (Å²) in [6.45, 7) is 9.26. The van der Waals surface area contributed by atoms with Gasteiger partial charge in [-0.2, -0.15) is 0 Å². The van der Waals surface area contributed by atoms with E-state index in [0.717, 1.165) is 55.5 Å². The fourth-order valence-electron chi connectivity index (χ4n) is 4.07. The number of anilines is 2. The second-order valence-corrected chi connectivity index (χ2v) is 8.22. The van der Waals surface area contributed by atoms with Crippen LogP contribution in [0.1, 0.15) is 42.6 Å². The zero-order valence-corrected chi connectivity index (χ0v) is 17.2. The molecule has 1 atom stereocenters. The third-order valence-electron chi connectivity index (χ3n) is 5.43. The van der Waals surface area contributed by atoms with Gasteiger partial charge in [0.25, 0.3) is 5.91 Å². The van der Waals surface area contributed by atoms with Crippen LogP contribution < -0.4 is 15.1 Å². The molecule has 0 spiro atoms. The van der Waals surface area contributed by atoms with Gasteiger partial charge < -0.3 is 15.1 Å². The molecule has 2 aliphatic heterocycles. The lowest BCUT2D eigenvalue weighted by Gasteiger charge is -2.42. The number of fused-ring (bicyclic) bond motifs is 1. The summed E-state index contributed by atoms with van der Waals surface area (Å²) < 4.78 is 13.2. The van der Waals surface area contributed by atoms with E-state index in [1.54, 1.807) is 6.07 Å². The molecular formula is C21H27FN6O. The molecule has 2 aromatic heterocycles. The Bertz CT molecular complexity index is 901. The van der Waals surface area contributed by atoms with Gasteiger partial charge in [-0.25, -0.2) is 19.3 Å². The Labute approximate surface area is 170 Å². The van der Waals surface area contributed by atoms with E-state index < -0.39 is 0 Å². The molecule has 1 amide bonds. The van der Waals surface area contributed by atoms with Crippen LogP contribution in [0.5, 0.6) is 0 Å². The van der Waals surface area contributed by atoms with Crippen LogP contribution >= 0.6 is 0 Å². The van der Waals surface area contributed by atoms with Gasteiger partial charge in [0, 0.05) is 44.2 Å². The molecular weight excluding hydrogens is 371 g/mol. The van der Waals surface area contributed by atoms with E-state index >= 15 is 0 Å². The maximum Gasteiger partial charge on any atom is 0.270 e. The first-order valence-electron chi connectivity index (χ1n) is 10.2. The first-order chi connectivity index (χ1) is 13.9. The van der Waals surface area contributed by atoms with Crippen molar-refractivity contribution in [1.29, 1.82) is 0 Å². The minimum absolute atomic E-state index is 0.109. The Morgan fingerprint density at radius 1 is 1.28 bits per heavy atom. The van der Waals surface area contributed by atoms with Gasteiger partial charge in [-0.05, 0) is 31.4 Å². The molecule has 4 rings (SSSR count). The highest BCUT2D eigenvalue weighted by Gasteiger charge is 2.31. The van der Waals surface area contributed by atoms with Crippen LogP contribution in [0.2, 0.25) is 0 Å². The van der Waals surface area contributed by atoms with Crippen molar-refractivity contribution in [2.24, 2.45) is 5.92 Å². The molecule has 1 unspecified atom stereocenters. The van der Waals surface area contributed by atoms with Crippen molar-refractivity contribution in [2.45, 2.75) is 39.7 Å². The van der Waals surface area contributed by atoms with E-state index in [-0.39, 0.29) is 17.8 Å². The lowest BCUT2D eigenvalue weighted by atomic mass is 10.0. The van der Waals surface area contributed by atoms with Crippen LogP contribution in [0.15, 0.2) is 18.3 Å². The molecule has 2 aliphatic rings. The number of carbonyl (C=O) groups is 1. The summed E-state index contributed by atoms with van der Waals surface area (Å²) in [6.07, 6.45) is 2.74. The third-order valence-corrected chi connectivity index (χ3v) is 5.43. The van der Waals surface area contributed by atoms with Gasteiger partial charge in [-0.3, -0.25) is 4.79 Å². The molecule has 1 N–H and O–H groups in total. The standard InChI is InChI=1S/C21H27FN6O/c1-13(2)10-17-25-19-16(6-7-23-21(19)29)20(26-17)27-8-9-28(14(3)12-27)18-5-4-15(22)11-24-18/h4-5,11,13-14H,6-10,12H2,1-3H3,(H,23,29). The van der Waals surface area contributed by atoms with Gasteiger partial charge in [-0.1, -0.05) is 13.8 Å². The van der Waals surface area contributed by atoms with Crippen molar-refractivity contribution in [3.63, 3.8) is 0 Å². The summed E-state index contributed by atoms with van der Waals surface area (Å²) in [6, 6.07) is 3.34. The van der Waals surface area contributed by atoms with E-state index in [1.807, 2.05) is 0 Å². The van der Waals surface area contributed by atoms with Crippen LogP contribution in [0.25, 0.3) is 0 Å². The number of pyridine rings is 1. The lowest BCUT2D eigenvalue weighted by Crippen LogP contribution is -2.53. The van der Waals surface area contributed by atoms with E-state index in [0.29, 0.717) is 18.2 Å². The largest absolute Gasteiger partial charge is 0.352 e. The molecule has 0 bridgehead atoms. The number of piperazine rings is 1. The normalized spacial score (nSPS) is 19.3. The molecule has 0 radical (unpaired) electrons. The molecule has 0 aromatic carbocycles. The van der Waals surface area contributed by atoms with Crippen LogP contribution in [-0.4, -0.2) is 53.1 Å². The molecule has 1 saturated heterocycles. The summed E-state index contributed by atoms with van der Waals surface area (Å²) >= 11 is 0. The molecule has 2 aromatic rings. The number of rotatable bonds is 4. The number of halogens is 1. The minimum atomic E-state index is -0.330. The summed E-state index contributed by atoms with van der Waals surface area (Å²) in [5, 5.41) is 2.90. The number of aromatic nitrogens is 3. The Morgan fingerprint density at radius 3 is 2.79 bits per heavy atom. The van der Waals surface area contributed by atoms with E-state index in [2.05, 4.69) is 45.9 Å². The van der Waals surface area contributed by atoms with Gasteiger partial charge in [-0.15, -0.1) is 0 Å². The van der Waals surface area contributed by atoms with Gasteiger partial charge in [0.05, 0.1) is 6.20 Å². The van der Waals surface area contributed by atoms with Crippen LogP contribution in [0.4, 0.5) is 16.0 Å². The topological polar surface area (TPSA) is 74.2 Å². The molecule has 0 saturated carbocycles. The Balaban J connectivity index is 1.62. The fourth-order valence-corrected chi connectivity index (χ4v) is 4.07. The van der Waals surface area contributed by atoms with Gasteiger partial charge in [0.15, 0.2) is 0 Å². The fraction of sp³-hybridized carbons (Fsp3) is 0.524. The maximum absolute atomic E-state index is 13.2. The van der Waals surface area contributed by atoms with E-state index in [4.69, 9.17) is 4.98 Å². The molecule has 0 aliphatic carbocycles. The molecule has 8 heteroatoms. The highest BCUT2D eigenvalue weighted by Crippen LogP contribution is 2.28. The first kappa shape index (κ1) is 19.5. The number of amides is 1. The number of nitrogens with one attached hydrogen (secondary N) is 1. The summed E-state index contributed by atoms with van der Waals surface area (Å²) in [5.41, 5.74) is 1.47. The smallest absolute Gasteiger partial charge is 0.270 e. The molecule has 4 heterocycles. The Kier molecular flexibility index (Phi) is 5.34. The quantitative estimate of drug-likeness (QED) is 0.851. The van der Waals surface area contributed by atoms with Crippen LogP contribution in [0.3, 0.4) is 0 Å². The molecule has 1 fully saturated rings. The zero-order valence-electron chi connectivity index (χ0n) is 17.2. The number of hydrogen-bond donors (Lipinski definition) is 1. The van der Waals surface area contributed by atoms with Crippen molar-refractivity contribution >= 4 is 17.5 Å². The summed E-state index contributed by atoms with van der Waals surface area (Å²) in [7, 11) is 0. The monoisotopic (exact) mass is 398 g/mol. The first-order valence-corrected chi connectivity index (χ1v) is 10.2. The average molecular weight is 398 g/mol. The van der Waals surface area contributed by atoms with Crippen molar-refractivity contribution in [3.8, 4) is 0 Å². The van der Waals surface area contributed by atoms with Gasteiger partial charge >= 0.3 is 0 Å². The second kappa shape index (κ2) is 7.93.